The lowest BCUT2D eigenvalue weighted by Crippen LogP contribution is -2.36. The van der Waals surface area contributed by atoms with Crippen LogP contribution in [0.5, 0.6) is 5.75 Å². The van der Waals surface area contributed by atoms with Crippen molar-refractivity contribution in [1.82, 2.24) is 15.1 Å². The van der Waals surface area contributed by atoms with Gasteiger partial charge in [-0.1, -0.05) is 6.07 Å². The topological polar surface area (TPSA) is 65.4 Å². The highest BCUT2D eigenvalue weighted by Crippen LogP contribution is 2.28. The van der Waals surface area contributed by atoms with Crippen molar-refractivity contribution in [3.05, 3.63) is 53.6 Å². The molecule has 1 saturated heterocycles. The Balaban J connectivity index is 1.65. The molecule has 132 valence electrons. The van der Waals surface area contributed by atoms with E-state index in [1.54, 1.807) is 23.0 Å². The largest absolute Gasteiger partial charge is 0.494 e. The number of amides is 1. The molecule has 6 nitrogen and oxygen atoms in total. The van der Waals surface area contributed by atoms with Crippen LogP contribution in [0.4, 0.5) is 4.39 Å². The Morgan fingerprint density at radius 3 is 3.04 bits per heavy atom. The molecule has 0 unspecified atom stereocenters. The molecule has 2 aromatic rings. The summed E-state index contributed by atoms with van der Waals surface area (Å²) < 4.78 is 25.8. The predicted octanol–water partition coefficient (Wildman–Crippen LogP) is 2.23. The SMILES string of the molecule is COc1cc(/C=C/C(=O)N[C@H]2CCO[C@@H]2c2ccnn2C)ccc1F. The van der Waals surface area contributed by atoms with Gasteiger partial charge in [0.2, 0.25) is 5.91 Å². The number of ether oxygens (including phenoxy) is 2. The number of methoxy groups -OCH3 is 1. The molecule has 0 aliphatic carbocycles. The number of halogens is 1. The zero-order valence-corrected chi connectivity index (χ0v) is 14.1. The van der Waals surface area contributed by atoms with Crippen molar-refractivity contribution < 1.29 is 18.7 Å². The number of benzene rings is 1. The van der Waals surface area contributed by atoms with E-state index in [0.29, 0.717) is 12.2 Å². The number of carbonyl (C=O) groups is 1. The highest BCUT2D eigenvalue weighted by molar-refractivity contribution is 5.92. The van der Waals surface area contributed by atoms with Crippen LogP contribution in [0.25, 0.3) is 6.08 Å². The van der Waals surface area contributed by atoms with Gasteiger partial charge in [-0.2, -0.15) is 5.10 Å². The van der Waals surface area contributed by atoms with E-state index in [-0.39, 0.29) is 23.8 Å². The van der Waals surface area contributed by atoms with Crippen LogP contribution in [0, 0.1) is 5.82 Å². The van der Waals surface area contributed by atoms with E-state index in [0.717, 1.165) is 12.1 Å². The maximum absolute atomic E-state index is 13.4. The summed E-state index contributed by atoms with van der Waals surface area (Å²) >= 11 is 0. The molecule has 1 aromatic carbocycles. The van der Waals surface area contributed by atoms with Crippen LogP contribution in [-0.4, -0.2) is 35.4 Å². The Hall–Kier alpha value is -2.67. The van der Waals surface area contributed by atoms with Crippen LogP contribution < -0.4 is 10.1 Å². The molecule has 25 heavy (non-hydrogen) atoms. The third kappa shape index (κ3) is 3.88. The molecule has 1 aliphatic heterocycles. The number of aromatic nitrogens is 2. The Labute approximate surface area is 145 Å². The van der Waals surface area contributed by atoms with Gasteiger partial charge in [0.25, 0.3) is 0 Å². The molecule has 0 radical (unpaired) electrons. The maximum Gasteiger partial charge on any atom is 0.244 e. The Kier molecular flexibility index (Phi) is 5.14. The van der Waals surface area contributed by atoms with E-state index in [1.165, 1.54) is 25.3 Å². The molecule has 1 aliphatic rings. The van der Waals surface area contributed by atoms with Crippen molar-refractivity contribution in [2.24, 2.45) is 7.05 Å². The summed E-state index contributed by atoms with van der Waals surface area (Å²) in [6.07, 6.45) is 5.27. The second kappa shape index (κ2) is 7.48. The lowest BCUT2D eigenvalue weighted by molar-refractivity contribution is -0.117. The van der Waals surface area contributed by atoms with Gasteiger partial charge in [-0.05, 0) is 36.3 Å². The number of nitrogens with one attached hydrogen (secondary N) is 1. The Morgan fingerprint density at radius 2 is 2.32 bits per heavy atom. The lowest BCUT2D eigenvalue weighted by Gasteiger charge is -2.19. The monoisotopic (exact) mass is 345 g/mol. The summed E-state index contributed by atoms with van der Waals surface area (Å²) in [5.41, 5.74) is 1.61. The van der Waals surface area contributed by atoms with Crippen LogP contribution in [0.2, 0.25) is 0 Å². The molecule has 2 atom stereocenters. The zero-order chi connectivity index (χ0) is 17.8. The van der Waals surface area contributed by atoms with E-state index in [1.807, 2.05) is 13.1 Å². The molecule has 0 bridgehead atoms. The molecular weight excluding hydrogens is 325 g/mol. The molecule has 1 N–H and O–H groups in total. The minimum atomic E-state index is -0.439. The zero-order valence-electron chi connectivity index (χ0n) is 14.1. The molecule has 2 heterocycles. The average molecular weight is 345 g/mol. The summed E-state index contributed by atoms with van der Waals surface area (Å²) in [6, 6.07) is 6.19. The summed E-state index contributed by atoms with van der Waals surface area (Å²) in [4.78, 5) is 12.2. The number of nitrogens with zero attached hydrogens (tertiary/aromatic N) is 2. The van der Waals surface area contributed by atoms with Crippen LogP contribution in [0.15, 0.2) is 36.5 Å². The third-order valence-corrected chi connectivity index (χ3v) is 4.17. The molecule has 0 saturated carbocycles. The fourth-order valence-electron chi connectivity index (χ4n) is 2.87. The Bertz CT molecular complexity index is 788. The van der Waals surface area contributed by atoms with E-state index in [2.05, 4.69) is 10.4 Å². The second-order valence-electron chi connectivity index (χ2n) is 5.80. The van der Waals surface area contributed by atoms with Gasteiger partial charge in [0.15, 0.2) is 11.6 Å². The fourth-order valence-corrected chi connectivity index (χ4v) is 2.87. The molecule has 1 aromatic heterocycles. The van der Waals surface area contributed by atoms with Gasteiger partial charge in [-0.3, -0.25) is 9.48 Å². The quantitative estimate of drug-likeness (QED) is 0.844. The highest BCUT2D eigenvalue weighted by atomic mass is 19.1. The molecule has 1 fully saturated rings. The highest BCUT2D eigenvalue weighted by Gasteiger charge is 2.32. The first-order chi connectivity index (χ1) is 12.1. The first kappa shape index (κ1) is 17.2. The van der Waals surface area contributed by atoms with Crippen LogP contribution in [0.1, 0.15) is 23.8 Å². The van der Waals surface area contributed by atoms with Crippen molar-refractivity contribution in [2.75, 3.05) is 13.7 Å². The van der Waals surface area contributed by atoms with E-state index < -0.39 is 5.82 Å². The predicted molar refractivity (Wildman–Crippen MR) is 90.4 cm³/mol. The van der Waals surface area contributed by atoms with Crippen molar-refractivity contribution in [2.45, 2.75) is 18.6 Å². The number of hydrogen-bond acceptors (Lipinski definition) is 4. The Morgan fingerprint density at radius 1 is 1.48 bits per heavy atom. The second-order valence-corrected chi connectivity index (χ2v) is 5.80. The molecule has 0 spiro atoms. The van der Waals surface area contributed by atoms with Crippen molar-refractivity contribution in [1.29, 1.82) is 0 Å². The summed E-state index contributed by atoms with van der Waals surface area (Å²) in [7, 11) is 3.25. The first-order valence-corrected chi connectivity index (χ1v) is 8.00. The van der Waals surface area contributed by atoms with Crippen LogP contribution >= 0.6 is 0 Å². The summed E-state index contributed by atoms with van der Waals surface area (Å²) in [6.45, 7) is 0.583. The van der Waals surface area contributed by atoms with E-state index in [9.17, 15) is 9.18 Å². The van der Waals surface area contributed by atoms with E-state index >= 15 is 0 Å². The minimum absolute atomic E-state index is 0.115. The number of hydrogen-bond donors (Lipinski definition) is 1. The standard InChI is InChI=1S/C18H20FN3O3/c1-22-15(7-9-20-22)18-14(8-10-25-18)21-17(23)6-4-12-3-5-13(19)16(11-12)24-2/h3-7,9,11,14,18H,8,10H2,1-2H3,(H,21,23)/b6-4+/t14-,18-/m0/s1. The summed E-state index contributed by atoms with van der Waals surface area (Å²) in [5, 5.41) is 7.10. The summed E-state index contributed by atoms with van der Waals surface area (Å²) in [5.74, 6) is -0.528. The maximum atomic E-state index is 13.4. The van der Waals surface area contributed by atoms with Crippen molar-refractivity contribution in [3.8, 4) is 5.75 Å². The average Bonchev–Trinajstić information content (AvgIpc) is 3.22. The van der Waals surface area contributed by atoms with Gasteiger partial charge in [0, 0.05) is 25.9 Å². The number of aryl methyl sites for hydroxylation is 1. The van der Waals surface area contributed by atoms with Gasteiger partial charge in [-0.15, -0.1) is 0 Å². The van der Waals surface area contributed by atoms with Gasteiger partial charge >= 0.3 is 0 Å². The molecule has 7 heteroatoms. The first-order valence-electron chi connectivity index (χ1n) is 8.00. The van der Waals surface area contributed by atoms with Crippen LogP contribution in [0.3, 0.4) is 0 Å². The third-order valence-electron chi connectivity index (χ3n) is 4.17. The molecular formula is C18H20FN3O3. The molecule has 1 amide bonds. The minimum Gasteiger partial charge on any atom is -0.494 e. The van der Waals surface area contributed by atoms with Crippen molar-refractivity contribution in [3.63, 3.8) is 0 Å². The van der Waals surface area contributed by atoms with Gasteiger partial charge in [0.05, 0.1) is 18.8 Å². The fraction of sp³-hybridized carbons (Fsp3) is 0.333. The lowest BCUT2D eigenvalue weighted by atomic mass is 10.1. The molecule has 3 rings (SSSR count). The number of carbonyl (C=O) groups excluding carboxylic acids is 1. The van der Waals surface area contributed by atoms with Crippen molar-refractivity contribution >= 4 is 12.0 Å². The van der Waals surface area contributed by atoms with Gasteiger partial charge in [0.1, 0.15) is 6.10 Å². The van der Waals surface area contributed by atoms with Gasteiger partial charge in [-0.25, -0.2) is 4.39 Å². The van der Waals surface area contributed by atoms with E-state index in [4.69, 9.17) is 9.47 Å². The van der Waals surface area contributed by atoms with Gasteiger partial charge < -0.3 is 14.8 Å². The van der Waals surface area contributed by atoms with Crippen LogP contribution in [-0.2, 0) is 16.6 Å². The smallest absolute Gasteiger partial charge is 0.244 e. The number of rotatable bonds is 5. The normalized spacial score (nSPS) is 20.1.